The number of rotatable bonds is 2. The number of hydrogen-bond acceptors (Lipinski definition) is 3. The fraction of sp³-hybridized carbons (Fsp3) is 0.636. The first-order valence-electron chi connectivity index (χ1n) is 5.75. The molecule has 1 fully saturated rings. The molecule has 86 valence electrons. The molecule has 2 rings (SSSR count). The second kappa shape index (κ2) is 4.32. The first-order chi connectivity index (χ1) is 7.65. The Morgan fingerprint density at radius 2 is 2.31 bits per heavy atom. The van der Waals surface area contributed by atoms with Crippen LogP contribution in [0.1, 0.15) is 13.3 Å². The first kappa shape index (κ1) is 11.2. The molecule has 16 heavy (non-hydrogen) atoms. The second-order valence-corrected chi connectivity index (χ2v) is 4.36. The highest BCUT2D eigenvalue weighted by atomic mass is 16.5. The average Bonchev–Trinajstić information content (AvgIpc) is 2.75. The molecule has 0 aromatic carbocycles. The summed E-state index contributed by atoms with van der Waals surface area (Å²) in [6.45, 7) is 2.81. The molecule has 1 heterocycles. The monoisotopic (exact) mass is 221 g/mol. The molecule has 5 heteroatoms. The van der Waals surface area contributed by atoms with Gasteiger partial charge in [0.05, 0.1) is 6.61 Å². The fourth-order valence-corrected chi connectivity index (χ4v) is 2.71. The van der Waals surface area contributed by atoms with Crippen LogP contribution in [0.4, 0.5) is 4.79 Å². The normalized spacial score (nSPS) is 31.6. The molecule has 1 amide bonds. The zero-order valence-electron chi connectivity index (χ0n) is 9.68. The maximum atomic E-state index is 11.9. The Morgan fingerprint density at radius 1 is 1.56 bits per heavy atom. The number of likely N-dealkylation sites (tertiary alicyclic amines) is 1. The van der Waals surface area contributed by atoms with Gasteiger partial charge in [0.2, 0.25) is 7.85 Å². The van der Waals surface area contributed by atoms with E-state index in [1.807, 2.05) is 0 Å². The highest BCUT2D eigenvalue weighted by molar-refractivity contribution is 6.57. The van der Waals surface area contributed by atoms with Gasteiger partial charge < -0.3 is 9.64 Å². The molecular formula is C11H16BNO3. The zero-order chi connectivity index (χ0) is 11.7. The molecule has 3 atom stereocenters. The number of hydrogen-bond donors (Lipinski definition) is 0. The summed E-state index contributed by atoms with van der Waals surface area (Å²) in [5, 5.41) is 0. The van der Waals surface area contributed by atoms with Crippen LogP contribution in [0.5, 0.6) is 0 Å². The second-order valence-electron chi connectivity index (χ2n) is 4.36. The number of allylic oxidation sites excluding steroid dienone is 1. The lowest BCUT2D eigenvalue weighted by Gasteiger charge is -2.24. The summed E-state index contributed by atoms with van der Waals surface area (Å²) in [4.78, 5) is 25.0. The predicted molar refractivity (Wildman–Crippen MR) is 61.8 cm³/mol. The van der Waals surface area contributed by atoms with Crippen LogP contribution in [0.25, 0.3) is 0 Å². The van der Waals surface area contributed by atoms with Gasteiger partial charge in [-0.05, 0) is 13.3 Å². The third kappa shape index (κ3) is 1.74. The molecule has 0 aromatic heterocycles. The lowest BCUT2D eigenvalue weighted by molar-refractivity contribution is -0.148. The number of nitrogens with zero attached hydrogens (tertiary/aromatic N) is 1. The standard InChI is InChI=1S/C11H16BNO3/c1-2-16-10(14)9-8-5-3-4-7(8)6-13(9)11(12)15/h3-4,7-9H,2,5-6,12H2,1H3/t7-,8-,9?/m0/s1. The van der Waals surface area contributed by atoms with E-state index in [-0.39, 0.29) is 23.7 Å². The van der Waals surface area contributed by atoms with E-state index in [1.165, 1.54) is 7.85 Å². The van der Waals surface area contributed by atoms with Crippen molar-refractivity contribution in [1.82, 2.24) is 4.90 Å². The van der Waals surface area contributed by atoms with Crippen LogP contribution < -0.4 is 0 Å². The summed E-state index contributed by atoms with van der Waals surface area (Å²) in [6, 6.07) is -0.377. The smallest absolute Gasteiger partial charge is 0.329 e. The summed E-state index contributed by atoms with van der Waals surface area (Å²) < 4.78 is 5.05. The molecule has 0 spiro atoms. The largest absolute Gasteiger partial charge is 0.464 e. The van der Waals surface area contributed by atoms with Gasteiger partial charge in [0.15, 0.2) is 5.81 Å². The predicted octanol–water partition coefficient (Wildman–Crippen LogP) is 0.179. The van der Waals surface area contributed by atoms with E-state index in [9.17, 15) is 9.59 Å². The molecule has 0 saturated carbocycles. The fourth-order valence-electron chi connectivity index (χ4n) is 2.71. The minimum Gasteiger partial charge on any atom is -0.464 e. The summed E-state index contributed by atoms with van der Waals surface area (Å²) in [6.07, 6.45) is 5.08. The van der Waals surface area contributed by atoms with Crippen molar-refractivity contribution in [2.45, 2.75) is 19.4 Å². The Kier molecular flexibility index (Phi) is 3.03. The minimum atomic E-state index is -0.377. The molecule has 4 nitrogen and oxygen atoms in total. The van der Waals surface area contributed by atoms with Gasteiger partial charge in [0, 0.05) is 18.4 Å². The highest BCUT2D eigenvalue weighted by Crippen LogP contribution is 2.38. The number of carbonyl (C=O) groups is 2. The van der Waals surface area contributed by atoms with Crippen molar-refractivity contribution in [2.75, 3.05) is 13.2 Å². The van der Waals surface area contributed by atoms with Crippen LogP contribution in [0.3, 0.4) is 0 Å². The van der Waals surface area contributed by atoms with E-state index < -0.39 is 0 Å². The number of esters is 1. The Morgan fingerprint density at radius 3 is 2.94 bits per heavy atom. The van der Waals surface area contributed by atoms with Crippen molar-refractivity contribution in [1.29, 1.82) is 0 Å². The van der Waals surface area contributed by atoms with Gasteiger partial charge in [0.1, 0.15) is 6.04 Å². The van der Waals surface area contributed by atoms with Gasteiger partial charge in [-0.25, -0.2) is 4.79 Å². The van der Waals surface area contributed by atoms with E-state index >= 15 is 0 Å². The van der Waals surface area contributed by atoms with Crippen LogP contribution in [-0.2, 0) is 9.53 Å². The third-order valence-corrected chi connectivity index (χ3v) is 3.42. The van der Waals surface area contributed by atoms with E-state index in [0.29, 0.717) is 19.1 Å². The van der Waals surface area contributed by atoms with E-state index in [2.05, 4.69) is 12.2 Å². The van der Waals surface area contributed by atoms with Gasteiger partial charge >= 0.3 is 5.97 Å². The van der Waals surface area contributed by atoms with Gasteiger partial charge in [-0.1, -0.05) is 12.2 Å². The van der Waals surface area contributed by atoms with Crippen molar-refractivity contribution in [3.8, 4) is 0 Å². The Labute approximate surface area is 96.0 Å². The number of carbonyl (C=O) groups excluding carboxylic acids is 2. The van der Waals surface area contributed by atoms with Crippen LogP contribution in [0.2, 0.25) is 0 Å². The van der Waals surface area contributed by atoms with Crippen molar-refractivity contribution in [3.05, 3.63) is 12.2 Å². The average molecular weight is 221 g/mol. The summed E-state index contributed by atoms with van der Waals surface area (Å²) in [7, 11) is 1.51. The summed E-state index contributed by atoms with van der Waals surface area (Å²) in [5.41, 5.74) is 0. The lowest BCUT2D eigenvalue weighted by atomic mass is 9.93. The number of fused-ring (bicyclic) bond motifs is 1. The van der Waals surface area contributed by atoms with Crippen molar-refractivity contribution < 1.29 is 14.3 Å². The Balaban J connectivity index is 2.17. The molecule has 1 aliphatic carbocycles. The molecule has 1 saturated heterocycles. The van der Waals surface area contributed by atoms with Crippen molar-refractivity contribution in [2.24, 2.45) is 11.8 Å². The van der Waals surface area contributed by atoms with Crippen LogP contribution in [-0.4, -0.2) is 43.7 Å². The molecule has 0 bridgehead atoms. The highest BCUT2D eigenvalue weighted by Gasteiger charge is 2.47. The molecule has 1 unspecified atom stereocenters. The van der Waals surface area contributed by atoms with E-state index in [1.54, 1.807) is 11.8 Å². The molecule has 0 radical (unpaired) electrons. The van der Waals surface area contributed by atoms with Crippen LogP contribution in [0.15, 0.2) is 12.2 Å². The van der Waals surface area contributed by atoms with Crippen molar-refractivity contribution in [3.63, 3.8) is 0 Å². The summed E-state index contributed by atoms with van der Waals surface area (Å²) >= 11 is 0. The maximum Gasteiger partial charge on any atom is 0.329 e. The molecule has 1 aliphatic heterocycles. The topological polar surface area (TPSA) is 46.6 Å². The summed E-state index contributed by atoms with van der Waals surface area (Å²) in [5.74, 6) is 0.260. The van der Waals surface area contributed by atoms with Gasteiger partial charge in [-0.3, -0.25) is 4.79 Å². The van der Waals surface area contributed by atoms with E-state index in [0.717, 1.165) is 6.42 Å². The molecular weight excluding hydrogens is 205 g/mol. The van der Waals surface area contributed by atoms with Crippen LogP contribution in [0, 0.1) is 11.8 Å². The Bertz CT molecular complexity index is 342. The number of ether oxygens (including phenoxy) is 1. The Hall–Kier alpha value is -1.26. The maximum absolute atomic E-state index is 11.9. The minimum absolute atomic E-state index is 0.0409. The van der Waals surface area contributed by atoms with Gasteiger partial charge in [-0.2, -0.15) is 0 Å². The van der Waals surface area contributed by atoms with E-state index in [4.69, 9.17) is 4.74 Å². The molecule has 0 N–H and O–H groups in total. The third-order valence-electron chi connectivity index (χ3n) is 3.42. The molecule has 2 aliphatic rings. The number of amides is 1. The van der Waals surface area contributed by atoms with Gasteiger partial charge in [0.25, 0.3) is 0 Å². The van der Waals surface area contributed by atoms with Crippen LogP contribution >= 0.6 is 0 Å². The zero-order valence-corrected chi connectivity index (χ0v) is 9.68. The van der Waals surface area contributed by atoms with Crippen molar-refractivity contribution >= 4 is 19.6 Å². The molecule has 0 aromatic rings. The SMILES string of the molecule is BC(=O)N1C[C@@H]2C=CC[C@@H]2C1C(=O)OCC. The van der Waals surface area contributed by atoms with Gasteiger partial charge in [-0.15, -0.1) is 0 Å². The quantitative estimate of drug-likeness (QED) is 0.379. The first-order valence-corrected chi connectivity index (χ1v) is 5.75. The lowest BCUT2D eigenvalue weighted by Crippen LogP contribution is -2.43.